The van der Waals surface area contributed by atoms with Gasteiger partial charge in [-0.1, -0.05) is 12.1 Å². The minimum Gasteiger partial charge on any atom is -0.497 e. The number of ether oxygens (including phenoxy) is 1. The summed E-state index contributed by atoms with van der Waals surface area (Å²) in [6, 6.07) is 11.2. The van der Waals surface area contributed by atoms with Crippen LogP contribution in [0.1, 0.15) is 0 Å². The maximum absolute atomic E-state index is 13.0. The molecule has 3 rings (SSSR count). The summed E-state index contributed by atoms with van der Waals surface area (Å²) >= 11 is 1.09. The maximum atomic E-state index is 13.0. The van der Waals surface area contributed by atoms with Gasteiger partial charge in [-0.15, -0.1) is 11.3 Å². The first-order chi connectivity index (χ1) is 12.3. The summed E-state index contributed by atoms with van der Waals surface area (Å²) in [6.45, 7) is 0. The lowest BCUT2D eigenvalue weighted by molar-refractivity contribution is 0.414. The first kappa shape index (κ1) is 18.4. The molecule has 0 spiro atoms. The number of benzene rings is 2. The topological polar surface area (TPSA) is 102 Å². The van der Waals surface area contributed by atoms with E-state index in [-0.39, 0.29) is 19.8 Å². The highest BCUT2D eigenvalue weighted by molar-refractivity contribution is 7.95. The second kappa shape index (κ2) is 7.06. The summed E-state index contributed by atoms with van der Waals surface area (Å²) in [5, 5.41) is 1.76. The molecule has 0 saturated carbocycles. The van der Waals surface area contributed by atoms with Crippen LogP contribution < -0.4 is 9.46 Å². The molecule has 2 aromatic carbocycles. The molecule has 0 radical (unpaired) electrons. The van der Waals surface area contributed by atoms with Gasteiger partial charge in [0.1, 0.15) is 10.6 Å². The van der Waals surface area contributed by atoms with E-state index in [9.17, 15) is 16.8 Å². The SMILES string of the molecule is COc1ccc(S(=O)(=O)c2ccccc2S(=O)(=O)Nc2nccs2)cc1. The zero-order valence-corrected chi connectivity index (χ0v) is 15.9. The van der Waals surface area contributed by atoms with Gasteiger partial charge < -0.3 is 4.74 Å². The second-order valence-corrected chi connectivity index (χ2v) is 9.53. The van der Waals surface area contributed by atoms with E-state index in [1.165, 1.54) is 61.8 Å². The van der Waals surface area contributed by atoms with Gasteiger partial charge in [0, 0.05) is 11.6 Å². The molecule has 0 fully saturated rings. The molecule has 1 heterocycles. The number of nitrogens with one attached hydrogen (secondary N) is 1. The van der Waals surface area contributed by atoms with Gasteiger partial charge in [0.2, 0.25) is 9.84 Å². The number of sulfonamides is 1. The molecule has 0 bridgehead atoms. The highest BCUT2D eigenvalue weighted by Gasteiger charge is 2.28. The van der Waals surface area contributed by atoms with Crippen molar-refractivity contribution in [2.24, 2.45) is 0 Å². The molecule has 1 N–H and O–H groups in total. The van der Waals surface area contributed by atoms with Crippen molar-refractivity contribution in [1.82, 2.24) is 4.98 Å². The van der Waals surface area contributed by atoms with Crippen molar-refractivity contribution in [2.75, 3.05) is 11.8 Å². The molecule has 0 atom stereocenters. The second-order valence-electron chi connectivity index (χ2n) is 5.07. The van der Waals surface area contributed by atoms with Crippen molar-refractivity contribution in [3.63, 3.8) is 0 Å². The summed E-state index contributed by atoms with van der Waals surface area (Å²) < 4.78 is 58.6. The molecule has 0 aliphatic carbocycles. The van der Waals surface area contributed by atoms with Crippen LogP contribution in [0.15, 0.2) is 74.8 Å². The maximum Gasteiger partial charge on any atom is 0.264 e. The number of hydrogen-bond donors (Lipinski definition) is 1. The number of hydrogen-bond acceptors (Lipinski definition) is 7. The summed E-state index contributed by atoms with van der Waals surface area (Å²) in [7, 11) is -6.70. The highest BCUT2D eigenvalue weighted by atomic mass is 32.2. The number of nitrogens with zero attached hydrogens (tertiary/aromatic N) is 1. The molecule has 26 heavy (non-hydrogen) atoms. The van der Waals surface area contributed by atoms with Gasteiger partial charge in [-0.05, 0) is 36.4 Å². The average molecular weight is 410 g/mol. The molecule has 3 aromatic rings. The molecular formula is C16H14N2O5S3. The van der Waals surface area contributed by atoms with Crippen molar-refractivity contribution in [3.8, 4) is 5.75 Å². The first-order valence-electron chi connectivity index (χ1n) is 7.25. The third kappa shape index (κ3) is 3.57. The van der Waals surface area contributed by atoms with Crippen LogP contribution in [0.5, 0.6) is 5.75 Å². The van der Waals surface area contributed by atoms with E-state index < -0.39 is 19.9 Å². The Morgan fingerprint density at radius 1 is 0.962 bits per heavy atom. The van der Waals surface area contributed by atoms with Gasteiger partial charge >= 0.3 is 0 Å². The smallest absolute Gasteiger partial charge is 0.264 e. The van der Waals surface area contributed by atoms with Gasteiger partial charge in [0.15, 0.2) is 5.13 Å². The molecule has 136 valence electrons. The van der Waals surface area contributed by atoms with Crippen LogP contribution in [0.4, 0.5) is 5.13 Å². The Morgan fingerprint density at radius 3 is 2.19 bits per heavy atom. The molecular weight excluding hydrogens is 396 g/mol. The number of anilines is 1. The molecule has 1 aromatic heterocycles. The van der Waals surface area contributed by atoms with Crippen LogP contribution >= 0.6 is 11.3 Å². The Morgan fingerprint density at radius 2 is 1.62 bits per heavy atom. The largest absolute Gasteiger partial charge is 0.497 e. The Kier molecular flexibility index (Phi) is 4.99. The third-order valence-electron chi connectivity index (χ3n) is 3.45. The van der Waals surface area contributed by atoms with Crippen molar-refractivity contribution in [1.29, 1.82) is 0 Å². The molecule has 0 unspecified atom stereocenters. The zero-order valence-electron chi connectivity index (χ0n) is 13.5. The van der Waals surface area contributed by atoms with Crippen LogP contribution in [0.3, 0.4) is 0 Å². The fourth-order valence-electron chi connectivity index (χ4n) is 2.22. The van der Waals surface area contributed by atoms with Crippen LogP contribution in [-0.2, 0) is 19.9 Å². The molecule has 7 nitrogen and oxygen atoms in total. The lowest BCUT2D eigenvalue weighted by Crippen LogP contribution is -2.17. The Labute approximate surface area is 155 Å². The van der Waals surface area contributed by atoms with E-state index in [1.807, 2.05) is 0 Å². The summed E-state index contributed by atoms with van der Waals surface area (Å²) in [6.07, 6.45) is 1.45. The van der Waals surface area contributed by atoms with Crippen LogP contribution in [0.25, 0.3) is 0 Å². The quantitative estimate of drug-likeness (QED) is 0.670. The lowest BCUT2D eigenvalue weighted by atomic mass is 10.3. The minimum atomic E-state index is -4.12. The number of thiazole rings is 1. The Bertz CT molecular complexity index is 1110. The predicted molar refractivity (Wildman–Crippen MR) is 97.8 cm³/mol. The molecule has 0 saturated heterocycles. The summed E-state index contributed by atoms with van der Waals surface area (Å²) in [5.41, 5.74) is 0. The average Bonchev–Trinajstić information content (AvgIpc) is 3.14. The summed E-state index contributed by atoms with van der Waals surface area (Å²) in [5.74, 6) is 0.496. The van der Waals surface area contributed by atoms with Gasteiger partial charge in [0.25, 0.3) is 10.0 Å². The molecule has 10 heteroatoms. The van der Waals surface area contributed by atoms with Crippen molar-refractivity contribution in [2.45, 2.75) is 14.7 Å². The fourth-order valence-corrected chi connectivity index (χ4v) is 6.09. The number of sulfone groups is 1. The zero-order chi connectivity index (χ0) is 18.8. The number of methoxy groups -OCH3 is 1. The van der Waals surface area contributed by atoms with Crippen LogP contribution in [0, 0.1) is 0 Å². The summed E-state index contributed by atoms with van der Waals surface area (Å²) in [4.78, 5) is 3.18. The van der Waals surface area contributed by atoms with E-state index in [0.29, 0.717) is 5.75 Å². The Balaban J connectivity index is 2.08. The Hall–Kier alpha value is -2.43. The first-order valence-corrected chi connectivity index (χ1v) is 11.1. The van der Waals surface area contributed by atoms with Gasteiger partial charge in [-0.25, -0.2) is 21.8 Å². The standard InChI is InChI=1S/C16H14N2O5S3/c1-23-12-6-8-13(9-7-12)25(19,20)14-4-2-3-5-15(14)26(21,22)18-16-17-10-11-24-16/h2-11H,1H3,(H,17,18). The van der Waals surface area contributed by atoms with E-state index in [0.717, 1.165) is 11.3 Å². The number of rotatable bonds is 6. The van der Waals surface area contributed by atoms with Crippen molar-refractivity contribution < 1.29 is 21.6 Å². The fraction of sp³-hybridized carbons (Fsp3) is 0.0625. The molecule has 0 aliphatic heterocycles. The minimum absolute atomic E-state index is 0.0322. The van der Waals surface area contributed by atoms with E-state index in [4.69, 9.17) is 4.74 Å². The van der Waals surface area contributed by atoms with E-state index >= 15 is 0 Å². The monoisotopic (exact) mass is 410 g/mol. The highest BCUT2D eigenvalue weighted by Crippen LogP contribution is 2.29. The van der Waals surface area contributed by atoms with E-state index in [2.05, 4.69) is 9.71 Å². The normalized spacial score (nSPS) is 11.9. The molecule has 0 aliphatic rings. The van der Waals surface area contributed by atoms with Crippen molar-refractivity contribution in [3.05, 3.63) is 60.1 Å². The van der Waals surface area contributed by atoms with Gasteiger partial charge in [-0.3, -0.25) is 4.72 Å². The van der Waals surface area contributed by atoms with Crippen LogP contribution in [-0.4, -0.2) is 28.9 Å². The number of aromatic nitrogens is 1. The van der Waals surface area contributed by atoms with E-state index in [1.54, 1.807) is 5.38 Å². The van der Waals surface area contributed by atoms with Crippen molar-refractivity contribution >= 4 is 36.3 Å². The third-order valence-corrected chi connectivity index (χ3v) is 7.62. The molecule has 0 amide bonds. The predicted octanol–water partition coefficient (Wildman–Crippen LogP) is 2.79. The lowest BCUT2D eigenvalue weighted by Gasteiger charge is -2.12. The van der Waals surface area contributed by atoms with Gasteiger partial charge in [0.05, 0.1) is 16.9 Å². The van der Waals surface area contributed by atoms with Gasteiger partial charge in [-0.2, -0.15) is 0 Å². The van der Waals surface area contributed by atoms with Crippen LogP contribution in [0.2, 0.25) is 0 Å².